The van der Waals surface area contributed by atoms with Crippen LogP contribution in [0.25, 0.3) is 0 Å². The molecule has 1 atom stereocenters. The van der Waals surface area contributed by atoms with Gasteiger partial charge in [-0.25, -0.2) is 0 Å². The molecule has 1 rings (SSSR count). The fourth-order valence-electron chi connectivity index (χ4n) is 2.48. The first-order valence-corrected chi connectivity index (χ1v) is 7.44. The van der Waals surface area contributed by atoms with Gasteiger partial charge < -0.3 is 10.6 Å². The highest BCUT2D eigenvalue weighted by atomic mass is 16.2. The van der Waals surface area contributed by atoms with E-state index in [4.69, 9.17) is 0 Å². The lowest BCUT2D eigenvalue weighted by atomic mass is 10.00. The number of hydrogen-bond acceptors (Lipinski definition) is 2. The van der Waals surface area contributed by atoms with E-state index in [1.165, 1.54) is 38.5 Å². The summed E-state index contributed by atoms with van der Waals surface area (Å²) in [6.45, 7) is 8.99. The Morgan fingerprint density at radius 3 is 2.22 bits per heavy atom. The molecule has 0 saturated heterocycles. The van der Waals surface area contributed by atoms with E-state index < -0.39 is 0 Å². The number of carbonyl (C=O) groups is 1. The average molecular weight is 254 g/mol. The van der Waals surface area contributed by atoms with Crippen molar-refractivity contribution in [1.82, 2.24) is 10.6 Å². The number of hydrogen-bond donors (Lipinski definition) is 2. The predicted molar refractivity (Wildman–Crippen MR) is 76.6 cm³/mol. The van der Waals surface area contributed by atoms with E-state index in [0.29, 0.717) is 0 Å². The van der Waals surface area contributed by atoms with Gasteiger partial charge in [0.1, 0.15) is 0 Å². The summed E-state index contributed by atoms with van der Waals surface area (Å²) in [5, 5.41) is 6.41. The lowest BCUT2D eigenvalue weighted by Crippen LogP contribution is -2.50. The van der Waals surface area contributed by atoms with Crippen molar-refractivity contribution < 1.29 is 4.79 Å². The van der Waals surface area contributed by atoms with Gasteiger partial charge in [-0.2, -0.15) is 0 Å². The first-order valence-electron chi connectivity index (χ1n) is 7.44. The molecule has 1 saturated carbocycles. The minimum Gasteiger partial charge on any atom is -0.350 e. The van der Waals surface area contributed by atoms with Crippen LogP contribution in [0.15, 0.2) is 0 Å². The Morgan fingerprint density at radius 1 is 1.17 bits per heavy atom. The fourth-order valence-corrected chi connectivity index (χ4v) is 2.48. The van der Waals surface area contributed by atoms with Gasteiger partial charge >= 0.3 is 0 Å². The molecule has 3 nitrogen and oxygen atoms in total. The number of amides is 1. The van der Waals surface area contributed by atoms with Crippen LogP contribution in [0.1, 0.15) is 66.2 Å². The molecule has 0 radical (unpaired) electrons. The molecule has 3 heteroatoms. The van der Waals surface area contributed by atoms with Crippen LogP contribution in [0.2, 0.25) is 0 Å². The molecule has 0 aliphatic heterocycles. The molecule has 1 aliphatic rings. The molecule has 0 aromatic rings. The van der Waals surface area contributed by atoms with Crippen LogP contribution >= 0.6 is 0 Å². The minimum absolute atomic E-state index is 0.0903. The lowest BCUT2D eigenvalue weighted by molar-refractivity contribution is -0.124. The maximum absolute atomic E-state index is 11.9. The van der Waals surface area contributed by atoms with Crippen molar-refractivity contribution >= 4 is 5.91 Å². The second-order valence-corrected chi connectivity index (χ2v) is 6.73. The molecule has 1 amide bonds. The second kappa shape index (κ2) is 7.13. The SMILES string of the molecule is CC(NCC1CCCCCC1)C(=O)NC(C)(C)C. The molecule has 18 heavy (non-hydrogen) atoms. The maximum Gasteiger partial charge on any atom is 0.237 e. The van der Waals surface area contributed by atoms with E-state index in [1.807, 2.05) is 27.7 Å². The second-order valence-electron chi connectivity index (χ2n) is 6.73. The first-order chi connectivity index (χ1) is 8.38. The third-order valence-electron chi connectivity index (χ3n) is 3.58. The molecule has 0 heterocycles. The zero-order valence-corrected chi connectivity index (χ0v) is 12.5. The Kier molecular flexibility index (Phi) is 6.13. The van der Waals surface area contributed by atoms with Crippen molar-refractivity contribution in [3.8, 4) is 0 Å². The smallest absolute Gasteiger partial charge is 0.237 e. The lowest BCUT2D eigenvalue weighted by Gasteiger charge is -2.25. The Bertz CT molecular complexity index is 250. The highest BCUT2D eigenvalue weighted by Gasteiger charge is 2.20. The van der Waals surface area contributed by atoms with Gasteiger partial charge in [-0.05, 0) is 53.0 Å². The molecule has 1 fully saturated rings. The third-order valence-corrected chi connectivity index (χ3v) is 3.58. The molecule has 0 bridgehead atoms. The van der Waals surface area contributed by atoms with Crippen molar-refractivity contribution in [2.24, 2.45) is 5.92 Å². The Balaban J connectivity index is 2.26. The van der Waals surface area contributed by atoms with Crippen LogP contribution in [-0.4, -0.2) is 24.0 Å². The zero-order valence-electron chi connectivity index (χ0n) is 12.5. The van der Waals surface area contributed by atoms with Crippen LogP contribution < -0.4 is 10.6 Å². The van der Waals surface area contributed by atoms with Gasteiger partial charge in [0.25, 0.3) is 0 Å². The largest absolute Gasteiger partial charge is 0.350 e. The molecule has 2 N–H and O–H groups in total. The number of nitrogens with one attached hydrogen (secondary N) is 2. The van der Waals surface area contributed by atoms with Crippen molar-refractivity contribution in [3.05, 3.63) is 0 Å². The average Bonchev–Trinajstić information content (AvgIpc) is 2.51. The van der Waals surface area contributed by atoms with Crippen molar-refractivity contribution in [1.29, 1.82) is 0 Å². The van der Waals surface area contributed by atoms with Gasteiger partial charge in [0.2, 0.25) is 5.91 Å². The van der Waals surface area contributed by atoms with Crippen molar-refractivity contribution in [2.45, 2.75) is 77.8 Å². The summed E-state index contributed by atoms with van der Waals surface area (Å²) >= 11 is 0. The molecule has 0 aromatic carbocycles. The molecule has 1 aliphatic carbocycles. The fraction of sp³-hybridized carbons (Fsp3) is 0.933. The van der Waals surface area contributed by atoms with E-state index in [9.17, 15) is 4.79 Å². The molecule has 0 spiro atoms. The van der Waals surface area contributed by atoms with Crippen molar-refractivity contribution in [3.63, 3.8) is 0 Å². The summed E-state index contributed by atoms with van der Waals surface area (Å²) in [5.74, 6) is 0.869. The van der Waals surface area contributed by atoms with Gasteiger partial charge in [0.15, 0.2) is 0 Å². The monoisotopic (exact) mass is 254 g/mol. The highest BCUT2D eigenvalue weighted by molar-refractivity contribution is 5.81. The predicted octanol–water partition coefficient (Wildman–Crippen LogP) is 2.85. The summed E-state index contributed by atoms with van der Waals surface area (Å²) in [4.78, 5) is 11.9. The standard InChI is InChI=1S/C15H30N2O/c1-12(14(18)17-15(2,3)4)16-11-13-9-7-5-6-8-10-13/h12-13,16H,5-11H2,1-4H3,(H,17,18). The zero-order chi connectivity index (χ0) is 13.6. The van der Waals surface area contributed by atoms with E-state index in [2.05, 4.69) is 10.6 Å². The van der Waals surface area contributed by atoms with E-state index in [0.717, 1.165) is 12.5 Å². The van der Waals surface area contributed by atoms with Crippen LogP contribution in [0.5, 0.6) is 0 Å². The number of carbonyl (C=O) groups excluding carboxylic acids is 1. The Morgan fingerprint density at radius 2 is 1.72 bits per heavy atom. The summed E-state index contributed by atoms with van der Waals surface area (Å²) in [7, 11) is 0. The van der Waals surface area contributed by atoms with Gasteiger partial charge in [-0.3, -0.25) is 4.79 Å². The Labute approximate surface area is 112 Å². The van der Waals surface area contributed by atoms with Crippen LogP contribution in [0.3, 0.4) is 0 Å². The van der Waals surface area contributed by atoms with Gasteiger partial charge in [-0.15, -0.1) is 0 Å². The topological polar surface area (TPSA) is 41.1 Å². The van der Waals surface area contributed by atoms with Crippen LogP contribution in [0, 0.1) is 5.92 Å². The van der Waals surface area contributed by atoms with Gasteiger partial charge in [0.05, 0.1) is 6.04 Å². The maximum atomic E-state index is 11.9. The first kappa shape index (κ1) is 15.5. The highest BCUT2D eigenvalue weighted by Crippen LogP contribution is 2.22. The molecular weight excluding hydrogens is 224 g/mol. The molecule has 1 unspecified atom stereocenters. The molecular formula is C15H30N2O. The normalized spacial score (nSPS) is 20.2. The molecule has 0 aromatic heterocycles. The van der Waals surface area contributed by atoms with Gasteiger partial charge in [-0.1, -0.05) is 25.7 Å². The van der Waals surface area contributed by atoms with E-state index >= 15 is 0 Å². The van der Waals surface area contributed by atoms with Gasteiger partial charge in [0, 0.05) is 5.54 Å². The van der Waals surface area contributed by atoms with Crippen LogP contribution in [-0.2, 0) is 4.79 Å². The summed E-state index contributed by atoms with van der Waals surface area (Å²) in [6.07, 6.45) is 8.12. The van der Waals surface area contributed by atoms with E-state index in [1.54, 1.807) is 0 Å². The van der Waals surface area contributed by atoms with Crippen molar-refractivity contribution in [2.75, 3.05) is 6.54 Å². The summed E-state index contributed by atoms with van der Waals surface area (Å²) < 4.78 is 0. The Hall–Kier alpha value is -0.570. The quantitative estimate of drug-likeness (QED) is 0.757. The third kappa shape index (κ3) is 6.39. The summed E-state index contributed by atoms with van der Waals surface area (Å²) in [6, 6.07) is -0.0903. The minimum atomic E-state index is -0.144. The molecule has 106 valence electrons. The summed E-state index contributed by atoms with van der Waals surface area (Å²) in [5.41, 5.74) is -0.144. The number of rotatable bonds is 4. The van der Waals surface area contributed by atoms with E-state index in [-0.39, 0.29) is 17.5 Å². The van der Waals surface area contributed by atoms with Crippen LogP contribution in [0.4, 0.5) is 0 Å².